The average Bonchev–Trinajstić information content (AvgIpc) is 2.59. The fourth-order valence-electron chi connectivity index (χ4n) is 2.44. The number of aliphatic hydroxyl groups excluding tert-OH is 1. The van der Waals surface area contributed by atoms with Crippen LogP contribution in [-0.2, 0) is 18.1 Å². The van der Waals surface area contributed by atoms with Crippen LogP contribution in [0.4, 0.5) is 13.2 Å². The number of rotatable bonds is 5. The summed E-state index contributed by atoms with van der Waals surface area (Å²) in [4.78, 5) is 30.6. The SMILES string of the molecule is CCc1nc(C(=O)N[C@](C)(CO)c2ccc(C(F)(F)F)cc2Cl)cc(=O)[nH]1. The van der Waals surface area contributed by atoms with Gasteiger partial charge in [-0.3, -0.25) is 9.59 Å². The van der Waals surface area contributed by atoms with Crippen molar-refractivity contribution >= 4 is 17.5 Å². The number of amides is 1. The number of alkyl halides is 3. The molecule has 1 aromatic heterocycles. The number of nitrogens with zero attached hydrogens (tertiary/aromatic N) is 1. The summed E-state index contributed by atoms with van der Waals surface area (Å²) in [5.74, 6) is -0.478. The van der Waals surface area contributed by atoms with Crippen molar-refractivity contribution < 1.29 is 23.1 Å². The standard InChI is InChI=1S/C17H17ClF3N3O3/c1-3-13-22-12(7-14(26)23-13)15(27)24-16(2,8-25)10-5-4-9(6-11(10)18)17(19,20)21/h4-7,25H,3,8H2,1-2H3,(H,24,27)(H,22,23,26)/t16-/m1/s1. The number of carbonyl (C=O) groups excluding carboxylic acids is 1. The van der Waals surface area contributed by atoms with Gasteiger partial charge in [0.15, 0.2) is 0 Å². The maximum Gasteiger partial charge on any atom is 0.416 e. The number of nitrogens with one attached hydrogen (secondary N) is 2. The Bertz CT molecular complexity index is 914. The van der Waals surface area contributed by atoms with E-state index >= 15 is 0 Å². The molecule has 0 aliphatic rings. The van der Waals surface area contributed by atoms with Crippen molar-refractivity contribution in [3.05, 3.63) is 62.3 Å². The van der Waals surface area contributed by atoms with Gasteiger partial charge in [0.25, 0.3) is 11.5 Å². The van der Waals surface area contributed by atoms with E-state index in [0.717, 1.165) is 24.3 Å². The second kappa shape index (κ2) is 7.69. The Hall–Kier alpha value is -2.39. The first-order chi connectivity index (χ1) is 12.5. The van der Waals surface area contributed by atoms with Crippen molar-refractivity contribution in [2.75, 3.05) is 6.61 Å². The van der Waals surface area contributed by atoms with Gasteiger partial charge in [0, 0.05) is 17.5 Å². The zero-order valence-electron chi connectivity index (χ0n) is 14.4. The van der Waals surface area contributed by atoms with Crippen molar-refractivity contribution in [1.29, 1.82) is 0 Å². The Morgan fingerprint density at radius 2 is 2.00 bits per heavy atom. The number of aromatic nitrogens is 2. The van der Waals surface area contributed by atoms with Crippen molar-refractivity contribution in [2.45, 2.75) is 32.0 Å². The number of H-pyrrole nitrogens is 1. The molecular formula is C17H17ClF3N3O3. The Labute approximate surface area is 157 Å². The molecule has 27 heavy (non-hydrogen) atoms. The molecule has 1 aromatic carbocycles. The zero-order chi connectivity index (χ0) is 20.4. The van der Waals surface area contributed by atoms with Gasteiger partial charge in [-0.2, -0.15) is 13.2 Å². The lowest BCUT2D eigenvalue weighted by Gasteiger charge is -2.30. The molecule has 6 nitrogen and oxygen atoms in total. The predicted octanol–water partition coefficient (Wildman–Crippen LogP) is 2.64. The number of carbonyl (C=O) groups is 1. The second-order valence-corrected chi connectivity index (χ2v) is 6.47. The average molecular weight is 404 g/mol. The summed E-state index contributed by atoms with van der Waals surface area (Å²) in [6, 6.07) is 3.60. The van der Waals surface area contributed by atoms with E-state index in [4.69, 9.17) is 11.6 Å². The van der Waals surface area contributed by atoms with Crippen molar-refractivity contribution in [2.24, 2.45) is 0 Å². The smallest absolute Gasteiger partial charge is 0.394 e. The lowest BCUT2D eigenvalue weighted by Crippen LogP contribution is -2.47. The van der Waals surface area contributed by atoms with Crippen LogP contribution in [0.25, 0.3) is 0 Å². The molecule has 0 aliphatic heterocycles. The first kappa shape index (κ1) is 20.9. The van der Waals surface area contributed by atoms with Gasteiger partial charge in [0.05, 0.1) is 17.7 Å². The number of hydrogen-bond acceptors (Lipinski definition) is 4. The molecule has 0 bridgehead atoms. The van der Waals surface area contributed by atoms with E-state index in [0.29, 0.717) is 12.2 Å². The summed E-state index contributed by atoms with van der Waals surface area (Å²) < 4.78 is 38.4. The van der Waals surface area contributed by atoms with E-state index < -0.39 is 35.4 Å². The number of halogens is 4. The van der Waals surface area contributed by atoms with Gasteiger partial charge in [0.1, 0.15) is 11.5 Å². The Morgan fingerprint density at radius 3 is 2.52 bits per heavy atom. The molecule has 0 unspecified atom stereocenters. The van der Waals surface area contributed by atoms with Crippen molar-refractivity contribution in [3.63, 3.8) is 0 Å². The highest BCUT2D eigenvalue weighted by Gasteiger charge is 2.35. The third-order valence-electron chi connectivity index (χ3n) is 3.95. The van der Waals surface area contributed by atoms with E-state index in [1.807, 2.05) is 0 Å². The molecule has 10 heteroatoms. The number of hydrogen-bond donors (Lipinski definition) is 3. The first-order valence-corrected chi connectivity index (χ1v) is 8.29. The fraction of sp³-hybridized carbons (Fsp3) is 0.353. The monoisotopic (exact) mass is 403 g/mol. The zero-order valence-corrected chi connectivity index (χ0v) is 15.2. The van der Waals surface area contributed by atoms with E-state index in [9.17, 15) is 27.9 Å². The molecule has 1 atom stereocenters. The van der Waals surface area contributed by atoms with Crippen molar-refractivity contribution in [1.82, 2.24) is 15.3 Å². The highest BCUT2D eigenvalue weighted by molar-refractivity contribution is 6.31. The topological polar surface area (TPSA) is 95.1 Å². The van der Waals surface area contributed by atoms with Crippen LogP contribution in [0.15, 0.2) is 29.1 Å². The van der Waals surface area contributed by atoms with Gasteiger partial charge < -0.3 is 15.4 Å². The van der Waals surface area contributed by atoms with Gasteiger partial charge in [-0.25, -0.2) is 4.98 Å². The molecule has 1 amide bonds. The quantitative estimate of drug-likeness (QED) is 0.715. The molecule has 1 heterocycles. The van der Waals surface area contributed by atoms with Crippen LogP contribution >= 0.6 is 11.6 Å². The van der Waals surface area contributed by atoms with Crippen LogP contribution in [0.1, 0.15) is 41.3 Å². The maximum atomic E-state index is 12.8. The summed E-state index contributed by atoms with van der Waals surface area (Å²) in [6.07, 6.45) is -4.19. The van der Waals surface area contributed by atoms with Gasteiger partial charge in [-0.05, 0) is 24.6 Å². The van der Waals surface area contributed by atoms with Crippen LogP contribution in [0.2, 0.25) is 5.02 Å². The normalized spacial score (nSPS) is 13.9. The van der Waals surface area contributed by atoms with E-state index in [-0.39, 0.29) is 16.3 Å². The Kier molecular flexibility index (Phi) is 5.96. The number of benzene rings is 1. The molecule has 0 spiro atoms. The third kappa shape index (κ3) is 4.67. The van der Waals surface area contributed by atoms with Crippen LogP contribution in [0.5, 0.6) is 0 Å². The first-order valence-electron chi connectivity index (χ1n) is 7.91. The molecule has 3 N–H and O–H groups in total. The lowest BCUT2D eigenvalue weighted by molar-refractivity contribution is -0.137. The predicted molar refractivity (Wildman–Crippen MR) is 92.6 cm³/mol. The van der Waals surface area contributed by atoms with Crippen LogP contribution in [-0.4, -0.2) is 27.6 Å². The van der Waals surface area contributed by atoms with E-state index in [1.165, 1.54) is 6.92 Å². The summed E-state index contributed by atoms with van der Waals surface area (Å²) >= 11 is 5.97. The minimum atomic E-state index is -4.58. The highest BCUT2D eigenvalue weighted by Crippen LogP contribution is 2.35. The van der Waals surface area contributed by atoms with Gasteiger partial charge >= 0.3 is 6.18 Å². The number of aromatic amines is 1. The summed E-state index contributed by atoms with van der Waals surface area (Å²) in [7, 11) is 0. The minimum Gasteiger partial charge on any atom is -0.394 e. The fourth-order valence-corrected chi connectivity index (χ4v) is 2.83. The molecule has 0 fully saturated rings. The van der Waals surface area contributed by atoms with Gasteiger partial charge in [-0.1, -0.05) is 24.6 Å². The molecule has 0 saturated heterocycles. The number of aryl methyl sites for hydroxylation is 1. The molecule has 0 aliphatic carbocycles. The van der Waals surface area contributed by atoms with Crippen molar-refractivity contribution in [3.8, 4) is 0 Å². The third-order valence-corrected chi connectivity index (χ3v) is 4.27. The highest BCUT2D eigenvalue weighted by atomic mass is 35.5. The van der Waals surface area contributed by atoms with Crippen LogP contribution in [0, 0.1) is 0 Å². The minimum absolute atomic E-state index is 0.0913. The molecule has 0 radical (unpaired) electrons. The van der Waals surface area contributed by atoms with E-state index in [1.54, 1.807) is 6.92 Å². The molecule has 0 saturated carbocycles. The van der Waals surface area contributed by atoms with E-state index in [2.05, 4.69) is 15.3 Å². The molecule has 2 rings (SSSR count). The van der Waals surface area contributed by atoms with Gasteiger partial charge in [-0.15, -0.1) is 0 Å². The Balaban J connectivity index is 2.39. The summed E-state index contributed by atoms with van der Waals surface area (Å²) in [6.45, 7) is 2.49. The molecule has 146 valence electrons. The largest absolute Gasteiger partial charge is 0.416 e. The Morgan fingerprint density at radius 1 is 1.33 bits per heavy atom. The number of aliphatic hydroxyl groups is 1. The molecule has 2 aromatic rings. The van der Waals surface area contributed by atoms with Gasteiger partial charge in [0.2, 0.25) is 0 Å². The van der Waals surface area contributed by atoms with Crippen LogP contribution < -0.4 is 10.9 Å². The molecular weight excluding hydrogens is 387 g/mol. The maximum absolute atomic E-state index is 12.8. The van der Waals surface area contributed by atoms with Crippen LogP contribution in [0.3, 0.4) is 0 Å². The lowest BCUT2D eigenvalue weighted by atomic mass is 9.91. The summed E-state index contributed by atoms with van der Waals surface area (Å²) in [5, 5.41) is 12.0. The second-order valence-electron chi connectivity index (χ2n) is 6.07. The summed E-state index contributed by atoms with van der Waals surface area (Å²) in [5.41, 5.74) is -3.06.